The minimum atomic E-state index is 0.254. The second-order valence-electron chi connectivity index (χ2n) is 4.81. The highest BCUT2D eigenvalue weighted by molar-refractivity contribution is 5.78. The van der Waals surface area contributed by atoms with Crippen LogP contribution in [0.3, 0.4) is 0 Å². The third kappa shape index (κ3) is 2.82. The van der Waals surface area contributed by atoms with Crippen molar-refractivity contribution in [2.24, 2.45) is 5.92 Å². The predicted octanol–water partition coefficient (Wildman–Crippen LogP) is 2.42. The molecule has 98 valence electrons. The molecule has 3 N–H and O–H groups in total. The van der Waals surface area contributed by atoms with Gasteiger partial charge in [-0.2, -0.15) is 0 Å². The van der Waals surface area contributed by atoms with Crippen LogP contribution in [0.2, 0.25) is 0 Å². The van der Waals surface area contributed by atoms with Crippen LogP contribution in [0.25, 0.3) is 11.0 Å². The van der Waals surface area contributed by atoms with Crippen molar-refractivity contribution in [3.05, 3.63) is 24.5 Å². The van der Waals surface area contributed by atoms with Gasteiger partial charge in [0.05, 0.1) is 17.4 Å². The van der Waals surface area contributed by atoms with Crippen LogP contribution in [0.4, 0.5) is 5.69 Å². The molecule has 0 aliphatic heterocycles. The van der Waals surface area contributed by atoms with Gasteiger partial charge in [0.25, 0.3) is 0 Å². The number of hydrogen-bond acceptors (Lipinski definition) is 3. The molecule has 0 bridgehead atoms. The van der Waals surface area contributed by atoms with E-state index in [4.69, 9.17) is 10.8 Å². The smallest absolute Gasteiger partial charge is 0.0958 e. The lowest BCUT2D eigenvalue weighted by Gasteiger charge is -2.16. The molecule has 0 amide bonds. The number of rotatable bonds is 6. The Labute approximate surface area is 107 Å². The zero-order valence-corrected chi connectivity index (χ0v) is 10.8. The zero-order chi connectivity index (χ0) is 13.0. The Morgan fingerprint density at radius 2 is 2.22 bits per heavy atom. The molecule has 0 aliphatic rings. The first-order valence-corrected chi connectivity index (χ1v) is 6.55. The fraction of sp³-hybridized carbons (Fsp3) is 0.500. The van der Waals surface area contributed by atoms with Crippen LogP contribution in [0, 0.1) is 5.92 Å². The average molecular weight is 247 g/mol. The van der Waals surface area contributed by atoms with Crippen molar-refractivity contribution >= 4 is 16.7 Å². The quantitative estimate of drug-likeness (QED) is 0.770. The minimum Gasteiger partial charge on any atom is -0.399 e. The SMILES string of the molecule is CCCC(CCO)Cn1cnc2cc(N)ccc21. The zero-order valence-electron chi connectivity index (χ0n) is 10.8. The second-order valence-corrected chi connectivity index (χ2v) is 4.81. The van der Waals surface area contributed by atoms with Crippen molar-refractivity contribution in [2.75, 3.05) is 12.3 Å². The predicted molar refractivity (Wildman–Crippen MR) is 74.2 cm³/mol. The Balaban J connectivity index is 2.19. The molecule has 1 unspecified atom stereocenters. The maximum Gasteiger partial charge on any atom is 0.0958 e. The number of imidazole rings is 1. The largest absolute Gasteiger partial charge is 0.399 e. The first kappa shape index (κ1) is 12.9. The van der Waals surface area contributed by atoms with Gasteiger partial charge in [-0.3, -0.25) is 0 Å². The molecule has 2 aromatic rings. The lowest BCUT2D eigenvalue weighted by Crippen LogP contribution is -2.11. The van der Waals surface area contributed by atoms with E-state index in [-0.39, 0.29) is 6.61 Å². The van der Waals surface area contributed by atoms with E-state index in [0.717, 1.165) is 42.5 Å². The number of benzene rings is 1. The van der Waals surface area contributed by atoms with Crippen LogP contribution in [0.5, 0.6) is 0 Å². The van der Waals surface area contributed by atoms with Gasteiger partial charge in [0.15, 0.2) is 0 Å². The number of hydrogen-bond donors (Lipinski definition) is 2. The van der Waals surface area contributed by atoms with Crippen molar-refractivity contribution in [3.8, 4) is 0 Å². The number of aromatic nitrogens is 2. The summed E-state index contributed by atoms with van der Waals surface area (Å²) in [5.74, 6) is 0.509. The summed E-state index contributed by atoms with van der Waals surface area (Å²) >= 11 is 0. The summed E-state index contributed by atoms with van der Waals surface area (Å²) in [4.78, 5) is 4.37. The summed E-state index contributed by atoms with van der Waals surface area (Å²) in [6.45, 7) is 3.34. The summed E-state index contributed by atoms with van der Waals surface area (Å²) in [5, 5.41) is 9.10. The molecule has 1 heterocycles. The van der Waals surface area contributed by atoms with Crippen molar-refractivity contribution in [1.82, 2.24) is 9.55 Å². The Morgan fingerprint density at radius 3 is 2.94 bits per heavy atom. The molecule has 1 aromatic heterocycles. The molecule has 0 spiro atoms. The summed E-state index contributed by atoms with van der Waals surface area (Å²) in [5.41, 5.74) is 8.54. The summed E-state index contributed by atoms with van der Waals surface area (Å²) in [6, 6.07) is 5.81. The van der Waals surface area contributed by atoms with E-state index in [9.17, 15) is 0 Å². The Morgan fingerprint density at radius 1 is 1.39 bits per heavy atom. The number of fused-ring (bicyclic) bond motifs is 1. The van der Waals surface area contributed by atoms with Gasteiger partial charge in [0, 0.05) is 18.8 Å². The molecule has 0 aliphatic carbocycles. The highest BCUT2D eigenvalue weighted by Crippen LogP contribution is 2.20. The highest BCUT2D eigenvalue weighted by Gasteiger charge is 2.10. The summed E-state index contributed by atoms with van der Waals surface area (Å²) in [7, 11) is 0. The molecule has 1 aromatic carbocycles. The van der Waals surface area contributed by atoms with Gasteiger partial charge in [-0.15, -0.1) is 0 Å². The van der Waals surface area contributed by atoms with Crippen LogP contribution in [0.15, 0.2) is 24.5 Å². The molecule has 0 saturated carbocycles. The monoisotopic (exact) mass is 247 g/mol. The van der Waals surface area contributed by atoms with Crippen LogP contribution in [-0.4, -0.2) is 21.3 Å². The van der Waals surface area contributed by atoms with E-state index in [1.165, 1.54) is 0 Å². The van der Waals surface area contributed by atoms with E-state index in [1.54, 1.807) is 0 Å². The number of anilines is 1. The number of nitrogens with two attached hydrogens (primary N) is 1. The number of aliphatic hydroxyl groups is 1. The fourth-order valence-corrected chi connectivity index (χ4v) is 2.42. The molecule has 18 heavy (non-hydrogen) atoms. The third-order valence-electron chi connectivity index (χ3n) is 3.33. The molecular weight excluding hydrogens is 226 g/mol. The number of nitrogens with zero attached hydrogens (tertiary/aromatic N) is 2. The molecule has 0 fully saturated rings. The van der Waals surface area contributed by atoms with Gasteiger partial charge in [-0.25, -0.2) is 4.98 Å². The Hall–Kier alpha value is -1.55. The van der Waals surface area contributed by atoms with E-state index < -0.39 is 0 Å². The maximum absolute atomic E-state index is 9.10. The van der Waals surface area contributed by atoms with Crippen molar-refractivity contribution in [1.29, 1.82) is 0 Å². The molecule has 0 radical (unpaired) electrons. The minimum absolute atomic E-state index is 0.254. The topological polar surface area (TPSA) is 64.1 Å². The van der Waals surface area contributed by atoms with Crippen LogP contribution in [0.1, 0.15) is 26.2 Å². The number of nitrogen functional groups attached to an aromatic ring is 1. The molecule has 4 heteroatoms. The molecule has 0 saturated heterocycles. The lowest BCUT2D eigenvalue weighted by atomic mass is 10.00. The summed E-state index contributed by atoms with van der Waals surface area (Å²) < 4.78 is 2.16. The van der Waals surface area contributed by atoms with Crippen LogP contribution >= 0.6 is 0 Å². The van der Waals surface area contributed by atoms with Gasteiger partial charge in [-0.05, 0) is 37.0 Å². The normalized spacial score (nSPS) is 13.0. The lowest BCUT2D eigenvalue weighted by molar-refractivity contribution is 0.241. The molecular formula is C14H21N3O. The summed E-state index contributed by atoms with van der Waals surface area (Å²) in [6.07, 6.45) is 4.99. The van der Waals surface area contributed by atoms with Crippen LogP contribution in [-0.2, 0) is 6.54 Å². The van der Waals surface area contributed by atoms with Crippen LogP contribution < -0.4 is 5.73 Å². The first-order valence-electron chi connectivity index (χ1n) is 6.55. The van der Waals surface area contributed by atoms with Crippen molar-refractivity contribution in [2.45, 2.75) is 32.7 Å². The van der Waals surface area contributed by atoms with Crippen molar-refractivity contribution in [3.63, 3.8) is 0 Å². The van der Waals surface area contributed by atoms with Gasteiger partial charge in [0.2, 0.25) is 0 Å². The Kier molecular flexibility index (Phi) is 4.20. The number of aliphatic hydroxyl groups excluding tert-OH is 1. The second kappa shape index (κ2) is 5.87. The standard InChI is InChI=1S/C14H21N3O/c1-2-3-11(6-7-18)9-17-10-16-13-8-12(15)4-5-14(13)17/h4-5,8,10-11,18H,2-3,6-7,9,15H2,1H3. The van der Waals surface area contributed by atoms with Gasteiger partial charge >= 0.3 is 0 Å². The van der Waals surface area contributed by atoms with E-state index >= 15 is 0 Å². The molecule has 2 rings (SSSR count). The highest BCUT2D eigenvalue weighted by atomic mass is 16.3. The maximum atomic E-state index is 9.10. The first-order chi connectivity index (χ1) is 8.74. The van der Waals surface area contributed by atoms with Gasteiger partial charge in [0.1, 0.15) is 0 Å². The Bertz CT molecular complexity index is 501. The van der Waals surface area contributed by atoms with Crippen molar-refractivity contribution < 1.29 is 5.11 Å². The fourth-order valence-electron chi connectivity index (χ4n) is 2.42. The van der Waals surface area contributed by atoms with E-state index in [0.29, 0.717) is 5.92 Å². The van der Waals surface area contributed by atoms with Gasteiger partial charge in [-0.1, -0.05) is 13.3 Å². The average Bonchev–Trinajstić information content (AvgIpc) is 2.72. The third-order valence-corrected chi connectivity index (χ3v) is 3.33. The van der Waals surface area contributed by atoms with E-state index in [2.05, 4.69) is 16.5 Å². The van der Waals surface area contributed by atoms with E-state index in [1.807, 2.05) is 24.5 Å². The van der Waals surface area contributed by atoms with Gasteiger partial charge < -0.3 is 15.4 Å². The molecule has 1 atom stereocenters. The molecule has 4 nitrogen and oxygen atoms in total.